The number of sulfonamides is 1. The monoisotopic (exact) mass is 337 g/mol. The molecule has 0 aliphatic heterocycles. The van der Waals surface area contributed by atoms with Gasteiger partial charge in [0.15, 0.2) is 0 Å². The molecule has 23 heavy (non-hydrogen) atoms. The molecule has 1 aromatic heterocycles. The van der Waals surface area contributed by atoms with Crippen molar-refractivity contribution in [2.24, 2.45) is 0 Å². The van der Waals surface area contributed by atoms with Gasteiger partial charge in [0.05, 0.1) is 12.3 Å². The molecule has 0 radical (unpaired) electrons. The highest BCUT2D eigenvalue weighted by Crippen LogP contribution is 2.16. The predicted octanol–water partition coefficient (Wildman–Crippen LogP) is 2.52. The van der Waals surface area contributed by atoms with Crippen LogP contribution in [0.4, 0.5) is 0 Å². The molecule has 1 heterocycles. The van der Waals surface area contributed by atoms with Crippen LogP contribution in [0.1, 0.15) is 38.6 Å². The SMILES string of the molecule is Cc1cc(C)cc(CS(=O)(=O)NCc2cc(C(=O)O)c(C)o2)c1. The Bertz CT molecular complexity index is 816. The molecule has 0 saturated heterocycles. The number of aryl methyl sites for hydroxylation is 3. The molecule has 6 nitrogen and oxygen atoms in total. The molecular weight excluding hydrogens is 318 g/mol. The summed E-state index contributed by atoms with van der Waals surface area (Å²) in [5.41, 5.74) is 2.75. The Morgan fingerprint density at radius 3 is 2.26 bits per heavy atom. The van der Waals surface area contributed by atoms with Crippen LogP contribution >= 0.6 is 0 Å². The first-order chi connectivity index (χ1) is 10.7. The number of rotatable bonds is 6. The summed E-state index contributed by atoms with van der Waals surface area (Å²) in [6, 6.07) is 6.96. The number of furan rings is 1. The average molecular weight is 337 g/mol. The van der Waals surface area contributed by atoms with Crippen LogP contribution in [-0.2, 0) is 22.3 Å². The topological polar surface area (TPSA) is 96.6 Å². The third-order valence-corrected chi connectivity index (χ3v) is 4.60. The number of carbonyl (C=O) groups is 1. The van der Waals surface area contributed by atoms with Crippen LogP contribution in [0.2, 0.25) is 0 Å². The summed E-state index contributed by atoms with van der Waals surface area (Å²) < 4.78 is 32.0. The molecule has 0 amide bonds. The number of benzene rings is 1. The second-order valence-corrected chi connectivity index (χ2v) is 7.37. The van der Waals surface area contributed by atoms with E-state index in [0.29, 0.717) is 5.56 Å². The van der Waals surface area contributed by atoms with Crippen molar-refractivity contribution in [1.29, 1.82) is 0 Å². The molecule has 0 bridgehead atoms. The van der Waals surface area contributed by atoms with E-state index in [9.17, 15) is 13.2 Å². The lowest BCUT2D eigenvalue weighted by atomic mass is 10.1. The van der Waals surface area contributed by atoms with E-state index in [0.717, 1.165) is 11.1 Å². The number of nitrogens with one attached hydrogen (secondary N) is 1. The Balaban J connectivity index is 2.07. The molecule has 0 unspecified atom stereocenters. The van der Waals surface area contributed by atoms with Crippen molar-refractivity contribution in [1.82, 2.24) is 4.72 Å². The average Bonchev–Trinajstić information content (AvgIpc) is 2.76. The normalized spacial score (nSPS) is 11.6. The number of aromatic carboxylic acids is 1. The number of hydrogen-bond donors (Lipinski definition) is 2. The van der Waals surface area contributed by atoms with Crippen LogP contribution < -0.4 is 4.72 Å². The van der Waals surface area contributed by atoms with E-state index in [-0.39, 0.29) is 29.4 Å². The summed E-state index contributed by atoms with van der Waals surface area (Å²) in [6.07, 6.45) is 0. The van der Waals surface area contributed by atoms with E-state index in [2.05, 4.69) is 4.72 Å². The van der Waals surface area contributed by atoms with Crippen LogP contribution in [0.3, 0.4) is 0 Å². The zero-order valence-corrected chi connectivity index (χ0v) is 14.0. The third kappa shape index (κ3) is 4.67. The highest BCUT2D eigenvalue weighted by molar-refractivity contribution is 7.88. The summed E-state index contributed by atoms with van der Waals surface area (Å²) in [7, 11) is -3.55. The van der Waals surface area contributed by atoms with E-state index < -0.39 is 16.0 Å². The fourth-order valence-corrected chi connectivity index (χ4v) is 3.52. The van der Waals surface area contributed by atoms with Crippen molar-refractivity contribution in [2.75, 3.05) is 0 Å². The van der Waals surface area contributed by atoms with Gasteiger partial charge in [0.1, 0.15) is 17.1 Å². The Hall–Kier alpha value is -2.12. The van der Waals surface area contributed by atoms with Gasteiger partial charge in [0.25, 0.3) is 0 Å². The maximum Gasteiger partial charge on any atom is 0.339 e. The molecule has 0 spiro atoms. The zero-order chi connectivity index (χ0) is 17.2. The van der Waals surface area contributed by atoms with Crippen molar-refractivity contribution in [3.8, 4) is 0 Å². The van der Waals surface area contributed by atoms with Crippen molar-refractivity contribution >= 4 is 16.0 Å². The molecule has 2 aromatic rings. The Labute approximate surface area is 135 Å². The summed E-state index contributed by atoms with van der Waals surface area (Å²) in [4.78, 5) is 10.9. The van der Waals surface area contributed by atoms with Gasteiger partial charge in [-0.15, -0.1) is 0 Å². The van der Waals surface area contributed by atoms with Crippen molar-refractivity contribution < 1.29 is 22.7 Å². The summed E-state index contributed by atoms with van der Waals surface area (Å²) >= 11 is 0. The smallest absolute Gasteiger partial charge is 0.339 e. The Morgan fingerprint density at radius 2 is 1.74 bits per heavy atom. The largest absolute Gasteiger partial charge is 0.478 e. The van der Waals surface area contributed by atoms with E-state index in [1.54, 1.807) is 0 Å². The molecule has 2 N–H and O–H groups in total. The third-order valence-electron chi connectivity index (χ3n) is 3.30. The summed E-state index contributed by atoms with van der Waals surface area (Å²) in [5.74, 6) is -0.721. The van der Waals surface area contributed by atoms with E-state index in [1.807, 2.05) is 32.0 Å². The van der Waals surface area contributed by atoms with E-state index in [1.165, 1.54) is 13.0 Å². The van der Waals surface area contributed by atoms with Crippen LogP contribution in [0.5, 0.6) is 0 Å². The number of hydrogen-bond acceptors (Lipinski definition) is 4. The number of carboxylic acids is 1. The van der Waals surface area contributed by atoms with Gasteiger partial charge in [-0.3, -0.25) is 0 Å². The molecule has 2 rings (SSSR count). The fraction of sp³-hybridized carbons (Fsp3) is 0.312. The van der Waals surface area contributed by atoms with Crippen molar-refractivity contribution in [2.45, 2.75) is 33.1 Å². The number of carboxylic acid groups (broad SMARTS) is 1. The maximum atomic E-state index is 12.2. The van der Waals surface area contributed by atoms with Gasteiger partial charge in [0.2, 0.25) is 10.0 Å². The lowest BCUT2D eigenvalue weighted by molar-refractivity contribution is 0.0695. The molecule has 0 atom stereocenters. The van der Waals surface area contributed by atoms with Gasteiger partial charge < -0.3 is 9.52 Å². The van der Waals surface area contributed by atoms with Crippen LogP contribution in [-0.4, -0.2) is 19.5 Å². The molecule has 0 fully saturated rings. The predicted molar refractivity (Wildman–Crippen MR) is 85.8 cm³/mol. The minimum absolute atomic E-state index is 0.0357. The summed E-state index contributed by atoms with van der Waals surface area (Å²) in [6.45, 7) is 5.27. The van der Waals surface area contributed by atoms with Gasteiger partial charge in [-0.05, 0) is 32.4 Å². The molecule has 0 aliphatic rings. The van der Waals surface area contributed by atoms with Crippen molar-refractivity contribution in [3.63, 3.8) is 0 Å². The zero-order valence-electron chi connectivity index (χ0n) is 13.2. The standard InChI is InChI=1S/C16H19NO5S/c1-10-4-11(2)6-13(5-10)9-23(20,21)17-8-14-7-15(16(18)19)12(3)22-14/h4-7,17H,8-9H2,1-3H3,(H,18,19). The van der Waals surface area contributed by atoms with E-state index >= 15 is 0 Å². The minimum atomic E-state index is -3.55. The van der Waals surface area contributed by atoms with Gasteiger partial charge in [-0.1, -0.05) is 29.3 Å². The van der Waals surface area contributed by atoms with Crippen LogP contribution in [0.15, 0.2) is 28.7 Å². The second-order valence-electron chi connectivity index (χ2n) is 5.56. The highest BCUT2D eigenvalue weighted by atomic mass is 32.2. The van der Waals surface area contributed by atoms with E-state index in [4.69, 9.17) is 9.52 Å². The van der Waals surface area contributed by atoms with Crippen LogP contribution in [0.25, 0.3) is 0 Å². The fourth-order valence-electron chi connectivity index (χ4n) is 2.45. The Kier molecular flexibility index (Phi) is 4.91. The minimum Gasteiger partial charge on any atom is -0.478 e. The van der Waals surface area contributed by atoms with Gasteiger partial charge >= 0.3 is 5.97 Å². The Morgan fingerprint density at radius 1 is 1.13 bits per heavy atom. The van der Waals surface area contributed by atoms with Gasteiger partial charge in [-0.2, -0.15) is 0 Å². The van der Waals surface area contributed by atoms with Crippen LogP contribution in [0, 0.1) is 20.8 Å². The molecular formula is C16H19NO5S. The maximum absolute atomic E-state index is 12.2. The second kappa shape index (κ2) is 6.55. The first-order valence-corrected chi connectivity index (χ1v) is 8.68. The first-order valence-electron chi connectivity index (χ1n) is 7.03. The quantitative estimate of drug-likeness (QED) is 0.844. The lowest BCUT2D eigenvalue weighted by Gasteiger charge is -2.07. The molecule has 0 saturated carbocycles. The van der Waals surface area contributed by atoms with Gasteiger partial charge in [0, 0.05) is 0 Å². The van der Waals surface area contributed by atoms with Gasteiger partial charge in [-0.25, -0.2) is 17.9 Å². The highest BCUT2D eigenvalue weighted by Gasteiger charge is 2.16. The summed E-state index contributed by atoms with van der Waals surface area (Å²) in [5, 5.41) is 8.96. The van der Waals surface area contributed by atoms with Crippen molar-refractivity contribution in [3.05, 3.63) is 58.0 Å². The molecule has 124 valence electrons. The first kappa shape index (κ1) is 17.2. The lowest BCUT2D eigenvalue weighted by Crippen LogP contribution is -2.24. The molecule has 0 aliphatic carbocycles. The molecule has 1 aromatic carbocycles. The molecule has 7 heteroatoms.